The van der Waals surface area contributed by atoms with Gasteiger partial charge in [0.05, 0.1) is 17.0 Å². The van der Waals surface area contributed by atoms with Gasteiger partial charge in [-0.3, -0.25) is 9.71 Å². The molecular formula is C28H25F3N8O2S. The molecule has 216 valence electrons. The molecule has 42 heavy (non-hydrogen) atoms. The average molecular weight is 595 g/mol. The smallest absolute Gasteiger partial charge is 0.369 e. The molecule has 0 fully saturated rings. The van der Waals surface area contributed by atoms with Crippen molar-refractivity contribution in [3.05, 3.63) is 89.6 Å². The summed E-state index contributed by atoms with van der Waals surface area (Å²) >= 11 is 0. The summed E-state index contributed by atoms with van der Waals surface area (Å²) in [6.07, 6.45) is 1.57. The molecular weight excluding hydrogens is 569 g/mol. The highest BCUT2D eigenvalue weighted by Crippen LogP contribution is 2.39. The molecule has 1 aromatic carbocycles. The maximum Gasteiger partial charge on any atom is 0.416 e. The molecule has 2 aromatic heterocycles. The van der Waals surface area contributed by atoms with Crippen molar-refractivity contribution in [1.82, 2.24) is 24.1 Å². The molecule has 0 amide bonds. The quantitative estimate of drug-likeness (QED) is 0.294. The number of pyridine rings is 3. The van der Waals surface area contributed by atoms with Gasteiger partial charge >= 0.3 is 6.18 Å². The van der Waals surface area contributed by atoms with Gasteiger partial charge < -0.3 is 14.5 Å². The average Bonchev–Trinajstić information content (AvgIpc) is 3.58. The fraction of sp³-hybridized carbons (Fsp3) is 0.214. The van der Waals surface area contributed by atoms with E-state index in [0.29, 0.717) is 24.5 Å². The lowest BCUT2D eigenvalue weighted by atomic mass is 9.97. The van der Waals surface area contributed by atoms with Crippen molar-refractivity contribution in [2.24, 2.45) is 12.0 Å². The highest BCUT2D eigenvalue weighted by Gasteiger charge is 2.31. The van der Waals surface area contributed by atoms with Crippen LogP contribution < -0.4 is 15.5 Å². The number of aryl methyl sites for hydroxylation is 2. The molecule has 0 radical (unpaired) electrons. The van der Waals surface area contributed by atoms with Crippen LogP contribution in [0.25, 0.3) is 22.4 Å². The van der Waals surface area contributed by atoms with Crippen LogP contribution in [0, 0.1) is 6.92 Å². The fourth-order valence-corrected chi connectivity index (χ4v) is 6.05. The van der Waals surface area contributed by atoms with Gasteiger partial charge in [-0.25, -0.2) is 18.4 Å². The molecule has 3 aliphatic heterocycles. The molecule has 2 N–H and O–H groups in total. The second-order valence-corrected chi connectivity index (χ2v) is 11.7. The standard InChI is InChI=1S/C28H25F3N8O2S/c1-17-3-4-20(37-42(40,41)16-21-12-19(5-6-32-21)28(29,30)31)13-22(17)23-11-18-15-35-25(36-27-34-7-9-38(27)2)14-24(18)39-10-8-33-26(23)39/h3-7,9,11-15,33,37H,8,10,16H2,1-2H3/b36-25+. The maximum absolute atomic E-state index is 13.1. The Labute approximate surface area is 239 Å². The zero-order chi connectivity index (χ0) is 29.6. The third-order valence-corrected chi connectivity index (χ3v) is 8.16. The number of hydrogen-bond acceptors (Lipinski definition) is 7. The van der Waals surface area contributed by atoms with Crippen molar-refractivity contribution in [2.75, 3.05) is 16.6 Å². The number of rotatable bonds is 6. The Bertz CT molecular complexity index is 1960. The van der Waals surface area contributed by atoms with E-state index >= 15 is 0 Å². The van der Waals surface area contributed by atoms with E-state index in [4.69, 9.17) is 0 Å². The molecule has 0 atom stereocenters. The summed E-state index contributed by atoms with van der Waals surface area (Å²) in [5.41, 5.74) is 3.99. The van der Waals surface area contributed by atoms with Crippen LogP contribution in [-0.2, 0) is 35.5 Å². The van der Waals surface area contributed by atoms with Crippen LogP contribution in [0.1, 0.15) is 16.8 Å². The van der Waals surface area contributed by atoms with Crippen molar-refractivity contribution >= 4 is 27.5 Å². The first-order valence-electron chi connectivity index (χ1n) is 12.9. The van der Waals surface area contributed by atoms with Crippen molar-refractivity contribution in [3.63, 3.8) is 0 Å². The molecule has 5 heterocycles. The molecule has 3 aromatic rings. The molecule has 14 heteroatoms. The summed E-state index contributed by atoms with van der Waals surface area (Å²) in [6.45, 7) is 3.33. The highest BCUT2D eigenvalue weighted by molar-refractivity contribution is 7.91. The lowest BCUT2D eigenvalue weighted by molar-refractivity contribution is -0.137. The van der Waals surface area contributed by atoms with E-state index in [1.807, 2.05) is 26.1 Å². The van der Waals surface area contributed by atoms with E-state index in [1.54, 1.807) is 41.4 Å². The van der Waals surface area contributed by atoms with Gasteiger partial charge in [0, 0.05) is 67.8 Å². The number of anilines is 2. The summed E-state index contributed by atoms with van der Waals surface area (Å²) in [4.78, 5) is 17.1. The number of hydrogen-bond donors (Lipinski definition) is 2. The first-order valence-corrected chi connectivity index (χ1v) is 14.6. The molecule has 3 aliphatic rings. The van der Waals surface area contributed by atoms with Gasteiger partial charge in [-0.15, -0.1) is 0 Å². The van der Waals surface area contributed by atoms with E-state index in [0.717, 1.165) is 52.1 Å². The van der Waals surface area contributed by atoms with Gasteiger partial charge in [0.1, 0.15) is 11.6 Å². The number of halogens is 3. The Morgan fingerprint density at radius 3 is 2.64 bits per heavy atom. The number of nitrogens with zero attached hydrogens (tertiary/aromatic N) is 6. The summed E-state index contributed by atoms with van der Waals surface area (Å²) in [5.74, 6) is 0.699. The molecule has 0 spiro atoms. The van der Waals surface area contributed by atoms with Gasteiger partial charge in [0.2, 0.25) is 16.0 Å². The predicted molar refractivity (Wildman–Crippen MR) is 151 cm³/mol. The summed E-state index contributed by atoms with van der Waals surface area (Å²) in [5, 5.41) is 3.44. The SMILES string of the molecule is Cc1ccc(NS(=O)(=O)Cc2cc(C(F)(F)F)ccn2)cc1-c1cc2cn/c(=N/c3nccn3C)cc-2n2c1NCC2. The van der Waals surface area contributed by atoms with Crippen LogP contribution >= 0.6 is 0 Å². The van der Waals surface area contributed by atoms with E-state index in [1.165, 1.54) is 0 Å². The van der Waals surface area contributed by atoms with Crippen LogP contribution in [0.15, 0.2) is 72.2 Å². The van der Waals surface area contributed by atoms with Gasteiger partial charge in [-0.05, 0) is 48.4 Å². The minimum Gasteiger partial charge on any atom is -0.369 e. The number of sulfonamides is 1. The van der Waals surface area contributed by atoms with Crippen LogP contribution in [0.5, 0.6) is 0 Å². The Kier molecular flexibility index (Phi) is 6.72. The topological polar surface area (TPSA) is 119 Å². The summed E-state index contributed by atoms with van der Waals surface area (Å²) in [7, 11) is -2.21. The van der Waals surface area contributed by atoms with E-state index < -0.39 is 27.5 Å². The zero-order valence-electron chi connectivity index (χ0n) is 22.5. The lowest BCUT2D eigenvalue weighted by Crippen LogP contribution is -2.17. The van der Waals surface area contributed by atoms with Crippen molar-refractivity contribution in [2.45, 2.75) is 25.4 Å². The molecule has 0 unspecified atom stereocenters. The second kappa shape index (κ2) is 10.3. The highest BCUT2D eigenvalue weighted by atomic mass is 32.2. The first kappa shape index (κ1) is 27.4. The number of aromatic nitrogens is 5. The number of nitrogens with one attached hydrogen (secondary N) is 2. The van der Waals surface area contributed by atoms with E-state index in [-0.39, 0.29) is 11.4 Å². The zero-order valence-corrected chi connectivity index (χ0v) is 23.3. The van der Waals surface area contributed by atoms with Gasteiger partial charge in [0.15, 0.2) is 5.49 Å². The Balaban J connectivity index is 1.35. The monoisotopic (exact) mass is 594 g/mol. The number of benzene rings is 1. The minimum absolute atomic E-state index is 0.209. The first-order chi connectivity index (χ1) is 20.0. The Morgan fingerprint density at radius 1 is 1.05 bits per heavy atom. The molecule has 0 aliphatic carbocycles. The molecule has 0 saturated carbocycles. The minimum atomic E-state index is -4.60. The lowest BCUT2D eigenvalue weighted by Gasteiger charge is -2.20. The third kappa shape index (κ3) is 5.44. The number of alkyl halides is 3. The summed E-state index contributed by atoms with van der Waals surface area (Å²) < 4.78 is 71.5. The van der Waals surface area contributed by atoms with E-state index in [2.05, 4.69) is 34.6 Å². The van der Waals surface area contributed by atoms with Crippen LogP contribution in [-0.4, -0.2) is 39.0 Å². The predicted octanol–water partition coefficient (Wildman–Crippen LogP) is 4.71. The summed E-state index contributed by atoms with van der Waals surface area (Å²) in [6, 6.07) is 10.6. The molecule has 10 nitrogen and oxygen atoms in total. The number of imidazole rings is 1. The Morgan fingerprint density at radius 2 is 1.88 bits per heavy atom. The van der Waals surface area contributed by atoms with Crippen LogP contribution in [0.2, 0.25) is 0 Å². The van der Waals surface area contributed by atoms with Crippen molar-refractivity contribution in [1.29, 1.82) is 0 Å². The second-order valence-electron chi connectivity index (χ2n) is 9.96. The molecule has 6 rings (SSSR count). The van der Waals surface area contributed by atoms with Gasteiger partial charge in [-0.2, -0.15) is 18.2 Å². The maximum atomic E-state index is 13.1. The van der Waals surface area contributed by atoms with Crippen molar-refractivity contribution in [3.8, 4) is 22.4 Å². The Hall–Kier alpha value is -4.72. The molecule has 0 saturated heterocycles. The third-order valence-electron chi connectivity index (χ3n) is 6.93. The van der Waals surface area contributed by atoms with Gasteiger partial charge in [0.25, 0.3) is 0 Å². The number of fused-ring (bicyclic) bond motifs is 3. The van der Waals surface area contributed by atoms with Gasteiger partial charge in [-0.1, -0.05) is 6.07 Å². The molecule has 0 bridgehead atoms. The van der Waals surface area contributed by atoms with Crippen molar-refractivity contribution < 1.29 is 21.6 Å². The van der Waals surface area contributed by atoms with E-state index in [9.17, 15) is 21.6 Å². The van der Waals surface area contributed by atoms with Crippen LogP contribution in [0.4, 0.5) is 30.6 Å². The van der Waals surface area contributed by atoms with Crippen LogP contribution in [0.3, 0.4) is 0 Å². The fourth-order valence-electron chi connectivity index (χ4n) is 4.94. The largest absolute Gasteiger partial charge is 0.416 e. The normalized spacial score (nSPS) is 13.8.